The number of hydrogen-bond donors (Lipinski definition) is 1. The normalized spacial score (nSPS) is 17.1. The Hall–Kier alpha value is -1.10. The van der Waals surface area contributed by atoms with Gasteiger partial charge in [-0.2, -0.15) is 0 Å². The lowest BCUT2D eigenvalue weighted by molar-refractivity contribution is -0.138. The summed E-state index contributed by atoms with van der Waals surface area (Å²) >= 11 is 0. The van der Waals surface area contributed by atoms with E-state index in [9.17, 15) is 9.59 Å². The van der Waals surface area contributed by atoms with Gasteiger partial charge in [-0.1, -0.05) is 0 Å². The molecule has 98 valence electrons. The van der Waals surface area contributed by atoms with E-state index in [2.05, 4.69) is 0 Å². The third-order valence-electron chi connectivity index (χ3n) is 3.09. The largest absolute Gasteiger partial charge is 0.481 e. The maximum Gasteiger partial charge on any atom is 0.303 e. The lowest BCUT2D eigenvalue weighted by atomic mass is 9.93. The second-order valence-corrected chi connectivity index (χ2v) is 4.37. The van der Waals surface area contributed by atoms with Crippen molar-refractivity contribution in [1.82, 2.24) is 4.90 Å². The maximum atomic E-state index is 11.7. The predicted molar refractivity (Wildman–Crippen MR) is 62.7 cm³/mol. The number of carboxylic acid groups (broad SMARTS) is 1. The first kappa shape index (κ1) is 14.0. The number of amides is 1. The molecule has 0 bridgehead atoms. The van der Waals surface area contributed by atoms with E-state index in [1.165, 1.54) is 0 Å². The number of rotatable bonds is 6. The number of piperidine rings is 1. The molecule has 0 radical (unpaired) electrons. The summed E-state index contributed by atoms with van der Waals surface area (Å²) in [6, 6.07) is 0. The summed E-state index contributed by atoms with van der Waals surface area (Å²) < 4.78 is 5.14. The van der Waals surface area contributed by atoms with Crippen molar-refractivity contribution in [3.63, 3.8) is 0 Å². The Morgan fingerprint density at radius 1 is 1.35 bits per heavy atom. The molecule has 0 aromatic heterocycles. The molecule has 0 atom stereocenters. The second-order valence-electron chi connectivity index (χ2n) is 4.37. The molecule has 0 aliphatic carbocycles. The first-order valence-electron chi connectivity index (χ1n) is 6.20. The second kappa shape index (κ2) is 7.27. The smallest absolute Gasteiger partial charge is 0.303 e. The summed E-state index contributed by atoms with van der Waals surface area (Å²) in [5.74, 6) is -0.401. The van der Waals surface area contributed by atoms with Crippen molar-refractivity contribution in [2.45, 2.75) is 32.6 Å². The zero-order chi connectivity index (χ0) is 12.7. The van der Waals surface area contributed by atoms with Crippen molar-refractivity contribution in [3.8, 4) is 0 Å². The third kappa shape index (κ3) is 5.17. The average molecular weight is 243 g/mol. The zero-order valence-corrected chi connectivity index (χ0v) is 10.4. The van der Waals surface area contributed by atoms with Gasteiger partial charge in [0.25, 0.3) is 0 Å². The molecular weight excluding hydrogens is 222 g/mol. The van der Waals surface area contributed by atoms with E-state index < -0.39 is 5.97 Å². The fourth-order valence-corrected chi connectivity index (χ4v) is 2.10. The number of aliphatic carboxylic acids is 1. The minimum Gasteiger partial charge on any atom is -0.481 e. The van der Waals surface area contributed by atoms with Gasteiger partial charge in [-0.3, -0.25) is 9.59 Å². The van der Waals surface area contributed by atoms with Crippen molar-refractivity contribution in [1.29, 1.82) is 0 Å². The van der Waals surface area contributed by atoms with E-state index >= 15 is 0 Å². The Labute approximate surface area is 102 Å². The lowest BCUT2D eigenvalue weighted by Crippen LogP contribution is -2.39. The standard InChI is InChI=1S/C12H21NO4/c1-2-17-8-5-11(14)13-6-3-10(4-7-13)9-12(15)16/h10H,2-9H2,1H3,(H,15,16). The number of carboxylic acids is 1. The first-order valence-corrected chi connectivity index (χ1v) is 6.20. The highest BCUT2D eigenvalue weighted by Gasteiger charge is 2.23. The molecule has 1 aliphatic heterocycles. The van der Waals surface area contributed by atoms with Crippen LogP contribution in [-0.4, -0.2) is 48.2 Å². The van der Waals surface area contributed by atoms with Crippen molar-refractivity contribution in [2.24, 2.45) is 5.92 Å². The van der Waals surface area contributed by atoms with Gasteiger partial charge in [-0.15, -0.1) is 0 Å². The van der Waals surface area contributed by atoms with Crippen LogP contribution in [0.4, 0.5) is 0 Å². The van der Waals surface area contributed by atoms with Crippen molar-refractivity contribution in [2.75, 3.05) is 26.3 Å². The average Bonchev–Trinajstić information content (AvgIpc) is 2.29. The van der Waals surface area contributed by atoms with Gasteiger partial charge in [-0.05, 0) is 25.7 Å². The molecule has 1 fully saturated rings. The molecule has 0 spiro atoms. The Morgan fingerprint density at radius 3 is 2.53 bits per heavy atom. The van der Waals surface area contributed by atoms with Crippen molar-refractivity contribution in [3.05, 3.63) is 0 Å². The molecule has 1 heterocycles. The molecular formula is C12H21NO4. The Balaban J connectivity index is 2.21. The van der Waals surface area contributed by atoms with Crippen LogP contribution in [0.3, 0.4) is 0 Å². The van der Waals surface area contributed by atoms with E-state index in [-0.39, 0.29) is 18.2 Å². The predicted octanol–water partition coefficient (Wildman–Crippen LogP) is 1.13. The molecule has 0 aromatic rings. The SMILES string of the molecule is CCOCCC(=O)N1CCC(CC(=O)O)CC1. The Bertz CT molecular complexity index is 259. The molecule has 1 saturated heterocycles. The summed E-state index contributed by atoms with van der Waals surface area (Å²) in [6.45, 7) is 4.38. The van der Waals surface area contributed by atoms with Crippen LogP contribution >= 0.6 is 0 Å². The molecule has 17 heavy (non-hydrogen) atoms. The summed E-state index contributed by atoms with van der Waals surface area (Å²) in [5.41, 5.74) is 0. The fourth-order valence-electron chi connectivity index (χ4n) is 2.10. The summed E-state index contributed by atoms with van der Waals surface area (Å²) in [7, 11) is 0. The van der Waals surface area contributed by atoms with Gasteiger partial charge in [-0.25, -0.2) is 0 Å². The highest BCUT2D eigenvalue weighted by molar-refractivity contribution is 5.76. The van der Waals surface area contributed by atoms with Crippen LogP contribution < -0.4 is 0 Å². The van der Waals surface area contributed by atoms with Gasteiger partial charge >= 0.3 is 5.97 Å². The maximum absolute atomic E-state index is 11.7. The topological polar surface area (TPSA) is 66.8 Å². The van der Waals surface area contributed by atoms with Gasteiger partial charge in [0.05, 0.1) is 13.0 Å². The number of carbonyl (C=O) groups is 2. The molecule has 1 rings (SSSR count). The van der Waals surface area contributed by atoms with E-state index in [1.54, 1.807) is 0 Å². The van der Waals surface area contributed by atoms with E-state index in [0.717, 1.165) is 12.8 Å². The van der Waals surface area contributed by atoms with Crippen molar-refractivity contribution < 1.29 is 19.4 Å². The van der Waals surface area contributed by atoms with E-state index in [1.807, 2.05) is 11.8 Å². The minimum atomic E-state index is -0.744. The van der Waals surface area contributed by atoms with Crippen LogP contribution in [0.2, 0.25) is 0 Å². The van der Waals surface area contributed by atoms with Crippen LogP contribution in [0.25, 0.3) is 0 Å². The molecule has 1 aliphatic rings. The minimum absolute atomic E-state index is 0.118. The number of carbonyl (C=O) groups excluding carboxylic acids is 1. The molecule has 5 nitrogen and oxygen atoms in total. The quantitative estimate of drug-likeness (QED) is 0.710. The molecule has 1 amide bonds. The highest BCUT2D eigenvalue weighted by atomic mass is 16.5. The molecule has 0 aromatic carbocycles. The first-order chi connectivity index (χ1) is 8.13. The highest BCUT2D eigenvalue weighted by Crippen LogP contribution is 2.20. The number of hydrogen-bond acceptors (Lipinski definition) is 3. The van der Waals surface area contributed by atoms with Crippen LogP contribution in [0, 0.1) is 5.92 Å². The van der Waals surface area contributed by atoms with Gasteiger partial charge in [0.15, 0.2) is 0 Å². The van der Waals surface area contributed by atoms with E-state index in [4.69, 9.17) is 9.84 Å². The van der Waals surface area contributed by atoms with Gasteiger partial charge in [0.2, 0.25) is 5.91 Å². The molecule has 1 N–H and O–H groups in total. The molecule has 0 saturated carbocycles. The van der Waals surface area contributed by atoms with Gasteiger partial charge in [0.1, 0.15) is 0 Å². The number of nitrogens with zero attached hydrogens (tertiary/aromatic N) is 1. The van der Waals surface area contributed by atoms with Crippen molar-refractivity contribution >= 4 is 11.9 Å². The van der Waals surface area contributed by atoms with Crippen LogP contribution in [0.1, 0.15) is 32.6 Å². The van der Waals surface area contributed by atoms with Gasteiger partial charge < -0.3 is 14.7 Å². The number of ether oxygens (including phenoxy) is 1. The van der Waals surface area contributed by atoms with Crippen LogP contribution in [0.15, 0.2) is 0 Å². The Morgan fingerprint density at radius 2 is 2.00 bits per heavy atom. The summed E-state index contributed by atoms with van der Waals surface area (Å²) in [6.07, 6.45) is 2.25. The van der Waals surface area contributed by atoms with Gasteiger partial charge in [0, 0.05) is 26.1 Å². The molecule has 0 unspecified atom stereocenters. The zero-order valence-electron chi connectivity index (χ0n) is 10.4. The summed E-state index contributed by atoms with van der Waals surface area (Å²) in [4.78, 5) is 24.1. The monoisotopic (exact) mass is 243 g/mol. The molecule has 5 heteroatoms. The Kier molecular flexibility index (Phi) is 5.97. The lowest BCUT2D eigenvalue weighted by Gasteiger charge is -2.31. The van der Waals surface area contributed by atoms with E-state index in [0.29, 0.717) is 32.7 Å². The third-order valence-corrected chi connectivity index (χ3v) is 3.09. The van der Waals surface area contributed by atoms with Crippen LogP contribution in [-0.2, 0) is 14.3 Å². The fraction of sp³-hybridized carbons (Fsp3) is 0.833. The number of likely N-dealkylation sites (tertiary alicyclic amines) is 1. The van der Waals surface area contributed by atoms with Crippen LogP contribution in [0.5, 0.6) is 0 Å². The summed E-state index contributed by atoms with van der Waals surface area (Å²) in [5, 5.41) is 8.69.